The molecule has 2 rings (SSSR count). The Hall–Kier alpha value is -2.22. The van der Waals surface area contributed by atoms with E-state index in [4.69, 9.17) is 4.74 Å². The molecule has 0 bridgehead atoms. The number of amides is 1. The minimum absolute atomic E-state index is 0.326. The Labute approximate surface area is 123 Å². The van der Waals surface area contributed by atoms with Crippen LogP contribution in [0.4, 0.5) is 5.69 Å². The number of hydrogen-bond donors (Lipinski definition) is 0. The van der Waals surface area contributed by atoms with Crippen molar-refractivity contribution in [2.75, 3.05) is 18.6 Å². The number of para-hydroxylation sites is 1. The predicted molar refractivity (Wildman–Crippen MR) is 72.8 cm³/mol. The van der Waals surface area contributed by atoms with Crippen molar-refractivity contribution in [1.82, 2.24) is 0 Å². The molecule has 112 valence electrons. The molecule has 0 saturated carbocycles. The zero-order valence-corrected chi connectivity index (χ0v) is 12.2. The Morgan fingerprint density at radius 3 is 2.62 bits per heavy atom. The van der Waals surface area contributed by atoms with Crippen molar-refractivity contribution in [3.05, 3.63) is 24.3 Å². The third-order valence-electron chi connectivity index (χ3n) is 2.82. The van der Waals surface area contributed by atoms with Gasteiger partial charge in [0.05, 0.1) is 17.7 Å². The van der Waals surface area contributed by atoms with Crippen LogP contribution in [0, 0.1) is 0 Å². The number of benzene rings is 1. The van der Waals surface area contributed by atoms with Gasteiger partial charge >= 0.3 is 11.9 Å². The zero-order valence-electron chi connectivity index (χ0n) is 11.4. The van der Waals surface area contributed by atoms with Crippen LogP contribution in [-0.4, -0.2) is 41.1 Å². The Kier molecular flexibility index (Phi) is 4.37. The first-order chi connectivity index (χ1) is 9.95. The SMILES string of the molecule is COC(=O)CN1C(=O)C(OC(C)=O)S(=O)c2ccccc21. The minimum atomic E-state index is -1.83. The zero-order chi connectivity index (χ0) is 15.6. The van der Waals surface area contributed by atoms with Crippen LogP contribution in [0.5, 0.6) is 0 Å². The van der Waals surface area contributed by atoms with Crippen molar-refractivity contribution in [1.29, 1.82) is 0 Å². The molecule has 2 atom stereocenters. The van der Waals surface area contributed by atoms with Crippen LogP contribution in [0.25, 0.3) is 0 Å². The van der Waals surface area contributed by atoms with Crippen molar-refractivity contribution >= 4 is 34.3 Å². The molecule has 1 aromatic rings. The quantitative estimate of drug-likeness (QED) is 0.741. The highest BCUT2D eigenvalue weighted by molar-refractivity contribution is 7.86. The topological polar surface area (TPSA) is 90.0 Å². The molecule has 1 heterocycles. The largest absolute Gasteiger partial charge is 0.468 e. The molecule has 0 N–H and O–H groups in total. The Balaban J connectivity index is 2.45. The summed E-state index contributed by atoms with van der Waals surface area (Å²) < 4.78 is 21.7. The normalized spacial score (nSPS) is 20.7. The standard InChI is InChI=1S/C13H13NO6S/c1-8(15)20-13-12(17)14(7-11(16)19-2)9-5-3-4-6-10(9)21(13)18/h3-6,13H,7H2,1-2H3. The lowest BCUT2D eigenvalue weighted by Gasteiger charge is -2.31. The molecule has 1 aromatic carbocycles. The first kappa shape index (κ1) is 15.2. The minimum Gasteiger partial charge on any atom is -0.468 e. The van der Waals surface area contributed by atoms with Crippen LogP contribution in [0.1, 0.15) is 6.92 Å². The van der Waals surface area contributed by atoms with Crippen molar-refractivity contribution in [3.8, 4) is 0 Å². The summed E-state index contributed by atoms with van der Waals surface area (Å²) in [6, 6.07) is 6.42. The lowest BCUT2D eigenvalue weighted by Crippen LogP contribution is -2.49. The van der Waals surface area contributed by atoms with Crippen LogP contribution in [0.2, 0.25) is 0 Å². The summed E-state index contributed by atoms with van der Waals surface area (Å²) in [5.74, 6) is -2.07. The number of carbonyl (C=O) groups excluding carboxylic acids is 3. The fraction of sp³-hybridized carbons (Fsp3) is 0.308. The van der Waals surface area contributed by atoms with Crippen molar-refractivity contribution in [2.24, 2.45) is 0 Å². The smallest absolute Gasteiger partial charge is 0.325 e. The summed E-state index contributed by atoms with van der Waals surface area (Å²) in [4.78, 5) is 36.3. The van der Waals surface area contributed by atoms with E-state index in [1.807, 2.05) is 0 Å². The van der Waals surface area contributed by atoms with Crippen molar-refractivity contribution in [3.63, 3.8) is 0 Å². The van der Waals surface area contributed by atoms with Gasteiger partial charge in [-0.1, -0.05) is 12.1 Å². The molecule has 0 fully saturated rings. The van der Waals surface area contributed by atoms with E-state index in [1.54, 1.807) is 24.3 Å². The second-order valence-corrected chi connectivity index (χ2v) is 5.67. The average Bonchev–Trinajstić information content (AvgIpc) is 2.47. The monoisotopic (exact) mass is 311 g/mol. The number of anilines is 1. The summed E-state index contributed by atoms with van der Waals surface area (Å²) in [6.45, 7) is 0.775. The van der Waals surface area contributed by atoms with Crippen LogP contribution in [0.15, 0.2) is 29.2 Å². The summed E-state index contributed by atoms with van der Waals surface area (Å²) in [7, 11) is -0.629. The lowest BCUT2D eigenvalue weighted by molar-refractivity contribution is -0.148. The van der Waals surface area contributed by atoms with Crippen molar-refractivity contribution in [2.45, 2.75) is 17.3 Å². The van der Waals surface area contributed by atoms with Gasteiger partial charge in [-0.2, -0.15) is 0 Å². The van der Waals surface area contributed by atoms with Gasteiger partial charge in [-0.3, -0.25) is 19.3 Å². The number of esters is 2. The van der Waals surface area contributed by atoms with Gasteiger partial charge in [0.25, 0.3) is 11.3 Å². The third-order valence-corrected chi connectivity index (χ3v) is 4.29. The van der Waals surface area contributed by atoms with Gasteiger partial charge in [0.15, 0.2) is 0 Å². The Morgan fingerprint density at radius 2 is 2.00 bits per heavy atom. The van der Waals surface area contributed by atoms with E-state index < -0.39 is 34.1 Å². The van der Waals surface area contributed by atoms with E-state index in [0.717, 1.165) is 11.8 Å². The Morgan fingerprint density at radius 1 is 1.33 bits per heavy atom. The third kappa shape index (κ3) is 2.94. The summed E-state index contributed by atoms with van der Waals surface area (Å²) in [5.41, 5.74) is -1.11. The lowest BCUT2D eigenvalue weighted by atomic mass is 10.2. The van der Waals surface area contributed by atoms with Gasteiger partial charge in [0.1, 0.15) is 17.3 Å². The average molecular weight is 311 g/mol. The highest BCUT2D eigenvalue weighted by Gasteiger charge is 2.41. The van der Waals surface area contributed by atoms with E-state index in [-0.39, 0.29) is 6.54 Å². The molecule has 2 unspecified atom stereocenters. The molecule has 0 saturated heterocycles. The number of methoxy groups -OCH3 is 1. The van der Waals surface area contributed by atoms with Gasteiger partial charge in [-0.15, -0.1) is 0 Å². The molecule has 1 aliphatic heterocycles. The molecule has 1 aliphatic rings. The van der Waals surface area contributed by atoms with Crippen LogP contribution < -0.4 is 4.90 Å². The summed E-state index contributed by atoms with van der Waals surface area (Å²) >= 11 is 0. The molecular weight excluding hydrogens is 298 g/mol. The molecule has 7 nitrogen and oxygen atoms in total. The fourth-order valence-electron chi connectivity index (χ4n) is 1.90. The first-order valence-electron chi connectivity index (χ1n) is 6.00. The van der Waals surface area contributed by atoms with Gasteiger partial charge in [-0.25, -0.2) is 4.21 Å². The van der Waals surface area contributed by atoms with Gasteiger partial charge in [0.2, 0.25) is 0 Å². The molecule has 0 spiro atoms. The molecule has 0 aromatic heterocycles. The van der Waals surface area contributed by atoms with Gasteiger partial charge in [0, 0.05) is 6.92 Å². The van der Waals surface area contributed by atoms with Gasteiger partial charge in [-0.05, 0) is 12.1 Å². The first-order valence-corrected chi connectivity index (χ1v) is 7.22. The second-order valence-electron chi connectivity index (χ2n) is 4.21. The van der Waals surface area contributed by atoms with Crippen LogP contribution in [-0.2, 0) is 34.7 Å². The van der Waals surface area contributed by atoms with E-state index in [0.29, 0.717) is 10.6 Å². The number of fused-ring (bicyclic) bond motifs is 1. The van der Waals surface area contributed by atoms with Crippen LogP contribution in [0.3, 0.4) is 0 Å². The molecule has 0 radical (unpaired) electrons. The van der Waals surface area contributed by atoms with E-state index in [2.05, 4.69) is 4.74 Å². The summed E-state index contributed by atoms with van der Waals surface area (Å²) in [5, 5.41) is 0. The molecule has 0 aliphatic carbocycles. The maximum Gasteiger partial charge on any atom is 0.325 e. The molecule has 8 heteroatoms. The van der Waals surface area contributed by atoms with E-state index in [1.165, 1.54) is 7.11 Å². The number of rotatable bonds is 3. The molecule has 1 amide bonds. The highest BCUT2D eigenvalue weighted by Crippen LogP contribution is 2.32. The Bertz CT molecular complexity index is 629. The highest BCUT2D eigenvalue weighted by atomic mass is 32.2. The van der Waals surface area contributed by atoms with Crippen LogP contribution >= 0.6 is 0 Å². The van der Waals surface area contributed by atoms with Gasteiger partial charge < -0.3 is 9.47 Å². The maximum atomic E-state index is 12.3. The fourth-order valence-corrected chi connectivity index (χ4v) is 3.27. The second kappa shape index (κ2) is 6.04. The summed E-state index contributed by atoms with van der Waals surface area (Å²) in [6.07, 6.45) is 0. The number of hydrogen-bond acceptors (Lipinski definition) is 6. The van der Waals surface area contributed by atoms with E-state index >= 15 is 0 Å². The molecule has 21 heavy (non-hydrogen) atoms. The number of ether oxygens (including phenoxy) is 2. The molecular formula is C13H13NO6S. The number of nitrogens with zero attached hydrogens (tertiary/aromatic N) is 1. The predicted octanol–water partition coefficient (Wildman–Crippen LogP) is 0.203. The van der Waals surface area contributed by atoms with Crippen molar-refractivity contribution < 1.29 is 28.1 Å². The van der Waals surface area contributed by atoms with E-state index in [9.17, 15) is 18.6 Å². The maximum absolute atomic E-state index is 12.3. The number of carbonyl (C=O) groups is 3.